The van der Waals surface area contributed by atoms with Gasteiger partial charge in [0.1, 0.15) is 11.3 Å². The van der Waals surface area contributed by atoms with Gasteiger partial charge in [0.2, 0.25) is 0 Å². The molecule has 1 N–H and O–H groups in total. The monoisotopic (exact) mass is 436 g/mol. The van der Waals surface area contributed by atoms with Gasteiger partial charge in [0.25, 0.3) is 5.91 Å². The SMILES string of the molecule is COc1ccc(C(CNC(=O)c2cc(=O)c3c(C)cc(C)cc3o2)N2CCOCC2)cc1. The highest BCUT2D eigenvalue weighted by Crippen LogP contribution is 2.24. The fraction of sp³-hybridized carbons (Fsp3) is 0.360. The standard InChI is InChI=1S/C25H28N2O5/c1-16-12-17(2)24-21(28)14-23(32-22(24)13-16)25(29)26-15-20(27-8-10-31-11-9-27)18-4-6-19(30-3)7-5-18/h4-7,12-14,20H,8-11,15H2,1-3H3,(H,26,29). The molecule has 0 saturated carbocycles. The molecule has 3 aromatic rings. The molecule has 1 amide bonds. The fourth-order valence-corrected chi connectivity index (χ4v) is 4.23. The van der Waals surface area contributed by atoms with E-state index in [4.69, 9.17) is 13.9 Å². The molecule has 0 bridgehead atoms. The van der Waals surface area contributed by atoms with E-state index in [0.29, 0.717) is 30.7 Å². The number of ether oxygens (including phenoxy) is 2. The van der Waals surface area contributed by atoms with Crippen LogP contribution >= 0.6 is 0 Å². The van der Waals surface area contributed by atoms with E-state index in [9.17, 15) is 9.59 Å². The highest BCUT2D eigenvalue weighted by Gasteiger charge is 2.24. The van der Waals surface area contributed by atoms with Gasteiger partial charge in [-0.3, -0.25) is 14.5 Å². The van der Waals surface area contributed by atoms with Gasteiger partial charge >= 0.3 is 0 Å². The molecule has 7 heteroatoms. The molecular weight excluding hydrogens is 408 g/mol. The lowest BCUT2D eigenvalue weighted by Crippen LogP contribution is -2.43. The molecule has 1 aliphatic rings. The van der Waals surface area contributed by atoms with E-state index >= 15 is 0 Å². The van der Waals surface area contributed by atoms with E-state index in [0.717, 1.165) is 35.5 Å². The summed E-state index contributed by atoms with van der Waals surface area (Å²) in [5, 5.41) is 3.47. The maximum Gasteiger partial charge on any atom is 0.287 e. The predicted molar refractivity (Wildman–Crippen MR) is 122 cm³/mol. The summed E-state index contributed by atoms with van der Waals surface area (Å²) >= 11 is 0. The number of nitrogens with one attached hydrogen (secondary N) is 1. The van der Waals surface area contributed by atoms with Gasteiger partial charge in [0.05, 0.1) is 31.8 Å². The predicted octanol–water partition coefficient (Wildman–Crippen LogP) is 3.22. The summed E-state index contributed by atoms with van der Waals surface area (Å²) in [7, 11) is 1.63. The van der Waals surface area contributed by atoms with Gasteiger partial charge in [-0.05, 0) is 48.7 Å². The lowest BCUT2D eigenvalue weighted by Gasteiger charge is -2.35. The Bertz CT molecular complexity index is 1160. The molecule has 0 aliphatic carbocycles. The summed E-state index contributed by atoms with van der Waals surface area (Å²) in [6, 6.07) is 12.8. The van der Waals surface area contributed by atoms with Crippen LogP contribution < -0.4 is 15.5 Å². The zero-order valence-electron chi connectivity index (χ0n) is 18.6. The first kappa shape index (κ1) is 22.0. The van der Waals surface area contributed by atoms with Crippen molar-refractivity contribution in [1.82, 2.24) is 10.2 Å². The number of hydrogen-bond acceptors (Lipinski definition) is 6. The molecule has 1 aliphatic heterocycles. The van der Waals surface area contributed by atoms with Crippen molar-refractivity contribution in [3.8, 4) is 5.75 Å². The van der Waals surface area contributed by atoms with E-state index in [2.05, 4.69) is 10.2 Å². The maximum atomic E-state index is 12.9. The van der Waals surface area contributed by atoms with Crippen molar-refractivity contribution in [3.63, 3.8) is 0 Å². The molecule has 7 nitrogen and oxygen atoms in total. The molecule has 2 aromatic carbocycles. The molecule has 32 heavy (non-hydrogen) atoms. The van der Waals surface area contributed by atoms with Crippen LogP contribution in [-0.2, 0) is 4.74 Å². The van der Waals surface area contributed by atoms with Crippen LogP contribution in [0.15, 0.2) is 51.7 Å². The van der Waals surface area contributed by atoms with Crippen molar-refractivity contribution < 1.29 is 18.7 Å². The van der Waals surface area contributed by atoms with Gasteiger partial charge in [-0.1, -0.05) is 18.2 Å². The molecule has 1 fully saturated rings. The number of morpholine rings is 1. The van der Waals surface area contributed by atoms with Gasteiger partial charge in [-0.2, -0.15) is 0 Å². The number of carbonyl (C=O) groups is 1. The Hall–Kier alpha value is -3.16. The van der Waals surface area contributed by atoms with E-state index in [1.807, 2.05) is 44.2 Å². The van der Waals surface area contributed by atoms with Crippen molar-refractivity contribution in [2.24, 2.45) is 0 Å². The first-order valence-electron chi connectivity index (χ1n) is 10.8. The molecular formula is C25H28N2O5. The smallest absolute Gasteiger partial charge is 0.287 e. The number of rotatable bonds is 6. The van der Waals surface area contributed by atoms with Gasteiger partial charge in [-0.25, -0.2) is 0 Å². The van der Waals surface area contributed by atoms with Crippen molar-refractivity contribution in [1.29, 1.82) is 0 Å². The van der Waals surface area contributed by atoms with Crippen molar-refractivity contribution in [3.05, 3.63) is 75.1 Å². The number of benzene rings is 2. The Morgan fingerprint density at radius 3 is 2.53 bits per heavy atom. The Balaban J connectivity index is 1.57. The lowest BCUT2D eigenvalue weighted by molar-refractivity contribution is 0.0161. The number of methoxy groups -OCH3 is 1. The second-order valence-corrected chi connectivity index (χ2v) is 8.08. The minimum atomic E-state index is -0.407. The largest absolute Gasteiger partial charge is 0.497 e. The maximum absolute atomic E-state index is 12.9. The highest BCUT2D eigenvalue weighted by atomic mass is 16.5. The molecule has 1 atom stereocenters. The van der Waals surface area contributed by atoms with Crippen molar-refractivity contribution in [2.75, 3.05) is 40.0 Å². The van der Waals surface area contributed by atoms with Gasteiger partial charge < -0.3 is 19.2 Å². The molecule has 0 radical (unpaired) electrons. The third-order valence-electron chi connectivity index (χ3n) is 5.84. The number of nitrogens with zero attached hydrogens (tertiary/aromatic N) is 1. The van der Waals surface area contributed by atoms with Crippen LogP contribution in [0.1, 0.15) is 33.3 Å². The molecule has 1 aromatic heterocycles. The van der Waals surface area contributed by atoms with Crippen LogP contribution in [0.3, 0.4) is 0 Å². The Labute approximate surface area is 186 Å². The molecule has 2 heterocycles. The topological polar surface area (TPSA) is 81.0 Å². The third-order valence-corrected chi connectivity index (χ3v) is 5.84. The van der Waals surface area contributed by atoms with Crippen LogP contribution in [-0.4, -0.2) is 50.8 Å². The van der Waals surface area contributed by atoms with Crippen molar-refractivity contribution in [2.45, 2.75) is 19.9 Å². The summed E-state index contributed by atoms with van der Waals surface area (Å²) < 4.78 is 16.6. The number of amides is 1. The molecule has 4 rings (SSSR count). The molecule has 0 spiro atoms. The van der Waals surface area contributed by atoms with Gasteiger partial charge in [0.15, 0.2) is 11.2 Å². The first-order valence-corrected chi connectivity index (χ1v) is 10.8. The second-order valence-electron chi connectivity index (χ2n) is 8.08. The van der Waals surface area contributed by atoms with Gasteiger partial charge in [-0.15, -0.1) is 0 Å². The quantitative estimate of drug-likeness (QED) is 0.639. The average Bonchev–Trinajstić information content (AvgIpc) is 2.79. The Kier molecular flexibility index (Phi) is 6.58. The number of carbonyl (C=O) groups excluding carboxylic acids is 1. The molecule has 168 valence electrons. The highest BCUT2D eigenvalue weighted by molar-refractivity contribution is 5.93. The average molecular weight is 437 g/mol. The zero-order valence-corrected chi connectivity index (χ0v) is 18.6. The summed E-state index contributed by atoms with van der Waals surface area (Å²) in [6.07, 6.45) is 0. The zero-order chi connectivity index (χ0) is 22.7. The van der Waals surface area contributed by atoms with Crippen molar-refractivity contribution >= 4 is 16.9 Å². The summed E-state index contributed by atoms with van der Waals surface area (Å²) in [6.45, 7) is 7.03. The summed E-state index contributed by atoms with van der Waals surface area (Å²) in [4.78, 5) is 27.8. The minimum Gasteiger partial charge on any atom is -0.497 e. The van der Waals surface area contributed by atoms with Crippen LogP contribution in [0.2, 0.25) is 0 Å². The first-order chi connectivity index (χ1) is 15.5. The van der Waals surface area contributed by atoms with Crippen LogP contribution in [0.25, 0.3) is 11.0 Å². The molecule has 1 unspecified atom stereocenters. The number of aryl methyl sites for hydroxylation is 2. The van der Waals surface area contributed by atoms with E-state index in [-0.39, 0.29) is 17.2 Å². The lowest BCUT2D eigenvalue weighted by atomic mass is 10.0. The van der Waals surface area contributed by atoms with Gasteiger partial charge in [0, 0.05) is 25.7 Å². The third kappa shape index (κ3) is 4.69. The fourth-order valence-electron chi connectivity index (χ4n) is 4.23. The Morgan fingerprint density at radius 2 is 1.84 bits per heavy atom. The second kappa shape index (κ2) is 9.54. The van der Waals surface area contributed by atoms with E-state index in [1.165, 1.54) is 6.07 Å². The van der Waals surface area contributed by atoms with Crippen LogP contribution in [0, 0.1) is 13.8 Å². The van der Waals surface area contributed by atoms with E-state index < -0.39 is 5.91 Å². The number of hydrogen-bond donors (Lipinski definition) is 1. The van der Waals surface area contributed by atoms with E-state index in [1.54, 1.807) is 13.2 Å². The van der Waals surface area contributed by atoms with Crippen LogP contribution in [0.4, 0.5) is 0 Å². The summed E-state index contributed by atoms with van der Waals surface area (Å²) in [5.41, 5.74) is 3.10. The molecule has 1 saturated heterocycles. The normalized spacial score (nSPS) is 15.5. The minimum absolute atomic E-state index is 0.0166. The Morgan fingerprint density at radius 1 is 1.12 bits per heavy atom. The summed E-state index contributed by atoms with van der Waals surface area (Å²) in [5.74, 6) is 0.389. The number of fused-ring (bicyclic) bond motifs is 1. The van der Waals surface area contributed by atoms with Crippen LogP contribution in [0.5, 0.6) is 5.75 Å².